The summed E-state index contributed by atoms with van der Waals surface area (Å²) in [7, 11) is 1.65. The second-order valence-electron chi connectivity index (χ2n) is 9.27. The molecule has 34 heavy (non-hydrogen) atoms. The average molecular weight is 481 g/mol. The van der Waals surface area contributed by atoms with Crippen molar-refractivity contribution < 1.29 is 22.6 Å². The van der Waals surface area contributed by atoms with Crippen LogP contribution >= 0.6 is 0 Å². The van der Waals surface area contributed by atoms with Gasteiger partial charge in [-0.15, -0.1) is 0 Å². The Morgan fingerprint density at radius 1 is 0.882 bits per heavy atom. The predicted octanol–water partition coefficient (Wildman–Crippen LogP) is 6.32. The molecule has 0 unspecified atom stereocenters. The van der Waals surface area contributed by atoms with Crippen molar-refractivity contribution in [1.82, 2.24) is 10.2 Å². The predicted molar refractivity (Wildman–Crippen MR) is 132 cm³/mol. The molecule has 7 heteroatoms. The molecule has 190 valence electrons. The smallest absolute Gasteiger partial charge is 0.416 e. The molecule has 0 radical (unpaired) electrons. The van der Waals surface area contributed by atoms with E-state index in [-0.39, 0.29) is 6.04 Å². The van der Waals surface area contributed by atoms with Crippen molar-refractivity contribution in [2.45, 2.75) is 78.3 Å². The third kappa shape index (κ3) is 8.84. The number of nitrogens with zero attached hydrogens (tertiary/aromatic N) is 1. The lowest BCUT2D eigenvalue weighted by Crippen LogP contribution is -2.39. The van der Waals surface area contributed by atoms with E-state index in [1.807, 2.05) is 12.1 Å². The number of methoxy groups -OCH3 is 1. The van der Waals surface area contributed by atoms with Gasteiger partial charge in [-0.1, -0.05) is 18.2 Å². The molecule has 2 aromatic rings. The number of nitrogens with one attached hydrogen (secondary N) is 1. The largest absolute Gasteiger partial charge is 0.493 e. The molecular formula is C27H39F3N2O2. The Balaban J connectivity index is 1.83. The minimum absolute atomic E-state index is 0.210. The van der Waals surface area contributed by atoms with Crippen molar-refractivity contribution in [3.05, 3.63) is 59.2 Å². The average Bonchev–Trinajstić information content (AvgIpc) is 2.78. The van der Waals surface area contributed by atoms with Gasteiger partial charge in [0.25, 0.3) is 0 Å². The number of rotatable bonds is 13. The van der Waals surface area contributed by atoms with Gasteiger partial charge in [-0.2, -0.15) is 13.2 Å². The monoisotopic (exact) mass is 480 g/mol. The lowest BCUT2D eigenvalue weighted by molar-refractivity contribution is -0.137. The van der Waals surface area contributed by atoms with E-state index in [9.17, 15) is 13.2 Å². The van der Waals surface area contributed by atoms with Gasteiger partial charge in [0.1, 0.15) is 6.61 Å². The summed E-state index contributed by atoms with van der Waals surface area (Å²) in [5.41, 5.74) is 1.36. The Kier molecular flexibility index (Phi) is 10.7. The molecule has 2 rings (SSSR count). The van der Waals surface area contributed by atoms with Crippen LogP contribution < -0.4 is 14.8 Å². The molecule has 0 aliphatic carbocycles. The fourth-order valence-electron chi connectivity index (χ4n) is 3.95. The Morgan fingerprint density at radius 2 is 1.50 bits per heavy atom. The summed E-state index contributed by atoms with van der Waals surface area (Å²) in [5.74, 6) is 1.47. The number of alkyl halides is 3. The van der Waals surface area contributed by atoms with E-state index in [4.69, 9.17) is 9.47 Å². The number of benzene rings is 2. The van der Waals surface area contributed by atoms with Crippen LogP contribution in [0.5, 0.6) is 11.5 Å². The zero-order valence-electron chi connectivity index (χ0n) is 21.2. The van der Waals surface area contributed by atoms with E-state index in [1.54, 1.807) is 7.11 Å². The molecule has 0 aliphatic heterocycles. The van der Waals surface area contributed by atoms with Gasteiger partial charge in [0.2, 0.25) is 0 Å². The maximum atomic E-state index is 12.7. The highest BCUT2D eigenvalue weighted by Gasteiger charge is 2.29. The molecule has 0 aromatic heterocycles. The van der Waals surface area contributed by atoms with Gasteiger partial charge in [0.15, 0.2) is 11.5 Å². The van der Waals surface area contributed by atoms with Crippen LogP contribution in [-0.2, 0) is 19.1 Å². The first kappa shape index (κ1) is 28.0. The summed E-state index contributed by atoms with van der Waals surface area (Å²) in [6, 6.07) is 12.5. The summed E-state index contributed by atoms with van der Waals surface area (Å²) >= 11 is 0. The molecule has 4 nitrogen and oxygen atoms in total. The Morgan fingerprint density at radius 3 is 2.06 bits per heavy atom. The maximum Gasteiger partial charge on any atom is 0.416 e. The van der Waals surface area contributed by atoms with Gasteiger partial charge in [-0.05, 0) is 82.9 Å². The molecule has 0 spiro atoms. The van der Waals surface area contributed by atoms with Crippen LogP contribution in [0.2, 0.25) is 0 Å². The van der Waals surface area contributed by atoms with Crippen LogP contribution in [0, 0.1) is 0 Å². The van der Waals surface area contributed by atoms with Crippen LogP contribution in [0.25, 0.3) is 0 Å². The van der Waals surface area contributed by atoms with Crippen molar-refractivity contribution in [3.8, 4) is 11.5 Å². The Bertz CT molecular complexity index is 859. The highest BCUT2D eigenvalue weighted by Crippen LogP contribution is 2.30. The van der Waals surface area contributed by atoms with E-state index in [0.29, 0.717) is 25.2 Å². The quantitative estimate of drug-likeness (QED) is 0.364. The van der Waals surface area contributed by atoms with Crippen LogP contribution in [0.3, 0.4) is 0 Å². The summed E-state index contributed by atoms with van der Waals surface area (Å²) in [6.07, 6.45) is -2.56. The normalized spacial score (nSPS) is 13.1. The van der Waals surface area contributed by atoms with Gasteiger partial charge in [0.05, 0.1) is 12.7 Å². The highest BCUT2D eigenvalue weighted by molar-refractivity contribution is 5.43. The van der Waals surface area contributed by atoms with Gasteiger partial charge in [-0.3, -0.25) is 4.90 Å². The Hall–Kier alpha value is -2.25. The van der Waals surface area contributed by atoms with Crippen molar-refractivity contribution >= 4 is 0 Å². The van der Waals surface area contributed by atoms with E-state index in [2.05, 4.69) is 50.9 Å². The number of hydrogen-bond acceptors (Lipinski definition) is 4. The van der Waals surface area contributed by atoms with Crippen molar-refractivity contribution in [3.63, 3.8) is 0 Å². The molecule has 0 bridgehead atoms. The van der Waals surface area contributed by atoms with Crippen molar-refractivity contribution in [2.75, 3.05) is 20.3 Å². The number of halogens is 3. The topological polar surface area (TPSA) is 33.7 Å². The van der Waals surface area contributed by atoms with Crippen LogP contribution in [0.4, 0.5) is 13.2 Å². The van der Waals surface area contributed by atoms with Crippen LogP contribution in [-0.4, -0.2) is 43.3 Å². The fourth-order valence-corrected chi connectivity index (χ4v) is 3.95. The third-order valence-electron chi connectivity index (χ3n) is 5.96. The van der Waals surface area contributed by atoms with Crippen molar-refractivity contribution in [2.24, 2.45) is 0 Å². The molecule has 0 amide bonds. The SMILES string of the molecule is COc1cc(CC[C@@H](C)NCc2ccc(C(F)(F)F)cc2)ccc1OCCN(C(C)C)C(C)C. The number of hydrogen-bond donors (Lipinski definition) is 1. The number of aryl methyl sites for hydroxylation is 1. The third-order valence-corrected chi connectivity index (χ3v) is 5.96. The second-order valence-corrected chi connectivity index (χ2v) is 9.27. The molecule has 2 aromatic carbocycles. The summed E-state index contributed by atoms with van der Waals surface area (Å²) in [4.78, 5) is 2.39. The van der Waals surface area contributed by atoms with Crippen LogP contribution in [0.1, 0.15) is 57.7 Å². The minimum atomic E-state index is -4.30. The van der Waals surface area contributed by atoms with Gasteiger partial charge in [-0.25, -0.2) is 0 Å². The van der Waals surface area contributed by atoms with E-state index in [0.717, 1.165) is 54.1 Å². The Labute approximate surface area is 202 Å². The summed E-state index contributed by atoms with van der Waals surface area (Å²) < 4.78 is 49.6. The zero-order valence-corrected chi connectivity index (χ0v) is 21.2. The van der Waals surface area contributed by atoms with E-state index >= 15 is 0 Å². The molecule has 0 fully saturated rings. The molecule has 1 N–H and O–H groups in total. The highest BCUT2D eigenvalue weighted by atomic mass is 19.4. The fraction of sp³-hybridized carbons (Fsp3) is 0.556. The minimum Gasteiger partial charge on any atom is -0.493 e. The van der Waals surface area contributed by atoms with Crippen LogP contribution in [0.15, 0.2) is 42.5 Å². The summed E-state index contributed by atoms with van der Waals surface area (Å²) in [6.45, 7) is 12.8. The van der Waals surface area contributed by atoms with E-state index in [1.165, 1.54) is 12.1 Å². The van der Waals surface area contributed by atoms with Gasteiger partial charge >= 0.3 is 6.18 Å². The maximum absolute atomic E-state index is 12.7. The summed E-state index contributed by atoms with van der Waals surface area (Å²) in [5, 5.41) is 3.38. The van der Waals surface area contributed by atoms with E-state index < -0.39 is 11.7 Å². The zero-order chi connectivity index (χ0) is 25.3. The van der Waals surface area contributed by atoms with Crippen molar-refractivity contribution in [1.29, 1.82) is 0 Å². The molecule has 0 aliphatic rings. The first-order valence-corrected chi connectivity index (χ1v) is 12.0. The molecule has 0 saturated heterocycles. The second kappa shape index (κ2) is 13.0. The molecule has 0 heterocycles. The molecule has 1 atom stereocenters. The van der Waals surface area contributed by atoms with Gasteiger partial charge < -0.3 is 14.8 Å². The molecular weight excluding hydrogens is 441 g/mol. The lowest BCUT2D eigenvalue weighted by Gasteiger charge is -2.30. The molecule has 0 saturated carbocycles. The first-order valence-electron chi connectivity index (χ1n) is 12.0. The lowest BCUT2D eigenvalue weighted by atomic mass is 10.0. The number of ether oxygens (including phenoxy) is 2. The first-order chi connectivity index (χ1) is 16.0. The van der Waals surface area contributed by atoms with Gasteiger partial charge in [0, 0.05) is 31.2 Å². The standard InChI is InChI=1S/C27H39F3N2O2/c1-19(2)32(20(3)4)15-16-34-25-14-11-22(17-26(25)33-6)8-7-21(5)31-18-23-9-12-24(13-10-23)27(28,29)30/h9-14,17,19-21,31H,7-8,15-16,18H2,1-6H3/t21-/m1/s1.